The molecule has 1 aliphatic rings. The SMILES string of the molecule is O=C(CN1CCCC(c2cnsc2C(=O)O)C1)c1ccccc1. The molecular formula is C17H18N2O3S. The molecule has 0 radical (unpaired) electrons. The lowest BCUT2D eigenvalue weighted by atomic mass is 9.91. The molecule has 0 bridgehead atoms. The van der Waals surface area contributed by atoms with Crippen LogP contribution < -0.4 is 0 Å². The van der Waals surface area contributed by atoms with Crippen LogP contribution in [0.3, 0.4) is 0 Å². The molecule has 23 heavy (non-hydrogen) atoms. The Bertz CT molecular complexity index is 699. The Balaban J connectivity index is 1.68. The first kappa shape index (κ1) is 15.8. The summed E-state index contributed by atoms with van der Waals surface area (Å²) in [7, 11) is 0. The third kappa shape index (κ3) is 3.65. The van der Waals surface area contributed by atoms with Gasteiger partial charge in [-0.3, -0.25) is 9.69 Å². The number of aromatic nitrogens is 1. The summed E-state index contributed by atoms with van der Waals surface area (Å²) in [5.41, 5.74) is 1.53. The van der Waals surface area contributed by atoms with Crippen LogP contribution in [0.15, 0.2) is 36.5 Å². The molecule has 2 heterocycles. The minimum atomic E-state index is -0.917. The predicted octanol–water partition coefficient (Wildman–Crippen LogP) is 2.90. The van der Waals surface area contributed by atoms with Crippen molar-refractivity contribution in [1.29, 1.82) is 0 Å². The summed E-state index contributed by atoms with van der Waals surface area (Å²) in [6, 6.07) is 9.28. The topological polar surface area (TPSA) is 70.5 Å². The van der Waals surface area contributed by atoms with Crippen molar-refractivity contribution in [3.8, 4) is 0 Å². The number of aromatic carboxylic acids is 1. The van der Waals surface area contributed by atoms with Gasteiger partial charge in [-0.25, -0.2) is 9.17 Å². The first-order chi connectivity index (χ1) is 11.1. The largest absolute Gasteiger partial charge is 0.477 e. The van der Waals surface area contributed by atoms with Crippen molar-refractivity contribution >= 4 is 23.3 Å². The molecular weight excluding hydrogens is 312 g/mol. The highest BCUT2D eigenvalue weighted by atomic mass is 32.1. The second kappa shape index (κ2) is 7.02. The molecule has 120 valence electrons. The number of nitrogens with zero attached hydrogens (tertiary/aromatic N) is 2. The molecule has 1 atom stereocenters. The molecule has 0 aliphatic carbocycles. The van der Waals surface area contributed by atoms with Crippen molar-refractivity contribution < 1.29 is 14.7 Å². The van der Waals surface area contributed by atoms with Crippen molar-refractivity contribution in [2.75, 3.05) is 19.6 Å². The van der Waals surface area contributed by atoms with Gasteiger partial charge in [-0.15, -0.1) is 0 Å². The summed E-state index contributed by atoms with van der Waals surface area (Å²) in [6.45, 7) is 1.95. The third-order valence-corrected chi connectivity index (χ3v) is 5.00. The van der Waals surface area contributed by atoms with Gasteiger partial charge in [-0.1, -0.05) is 30.3 Å². The number of carboxylic acids is 1. The zero-order valence-corrected chi connectivity index (χ0v) is 13.5. The molecule has 1 aromatic carbocycles. The van der Waals surface area contributed by atoms with Gasteiger partial charge in [-0.2, -0.15) is 0 Å². The van der Waals surface area contributed by atoms with E-state index >= 15 is 0 Å². The predicted molar refractivity (Wildman–Crippen MR) is 88.3 cm³/mol. The fourth-order valence-electron chi connectivity index (χ4n) is 3.07. The number of rotatable bonds is 5. The third-order valence-electron chi connectivity index (χ3n) is 4.20. The molecule has 1 saturated heterocycles. The summed E-state index contributed by atoms with van der Waals surface area (Å²) in [4.78, 5) is 26.1. The summed E-state index contributed by atoms with van der Waals surface area (Å²) in [5, 5.41) is 9.25. The lowest BCUT2D eigenvalue weighted by Crippen LogP contribution is -2.38. The monoisotopic (exact) mass is 330 g/mol. The number of benzene rings is 1. The first-order valence-corrected chi connectivity index (χ1v) is 8.41. The molecule has 0 spiro atoms. The number of piperidine rings is 1. The average Bonchev–Trinajstić information content (AvgIpc) is 3.06. The van der Waals surface area contributed by atoms with Crippen molar-refractivity contribution in [2.45, 2.75) is 18.8 Å². The van der Waals surface area contributed by atoms with Crippen LogP contribution in [0.4, 0.5) is 0 Å². The number of carbonyl (C=O) groups excluding carboxylic acids is 1. The second-order valence-electron chi connectivity index (χ2n) is 5.78. The molecule has 2 aromatic rings. The Labute approximate surface area is 138 Å². The van der Waals surface area contributed by atoms with Crippen LogP contribution in [0.25, 0.3) is 0 Å². The van der Waals surface area contributed by atoms with Crippen molar-refractivity contribution in [3.05, 3.63) is 52.5 Å². The van der Waals surface area contributed by atoms with E-state index in [0.29, 0.717) is 18.0 Å². The van der Waals surface area contributed by atoms with Gasteiger partial charge in [0.15, 0.2) is 5.78 Å². The van der Waals surface area contributed by atoms with Crippen LogP contribution >= 0.6 is 11.5 Å². The quantitative estimate of drug-likeness (QED) is 0.854. The van der Waals surface area contributed by atoms with E-state index in [1.807, 2.05) is 30.3 Å². The molecule has 3 rings (SSSR count). The number of likely N-dealkylation sites (tertiary alicyclic amines) is 1. The van der Waals surface area contributed by atoms with Crippen LogP contribution in [0, 0.1) is 0 Å². The first-order valence-electron chi connectivity index (χ1n) is 7.63. The molecule has 0 amide bonds. The van der Waals surface area contributed by atoms with Crippen molar-refractivity contribution in [2.24, 2.45) is 0 Å². The molecule has 1 N–H and O–H groups in total. The molecule has 5 nitrogen and oxygen atoms in total. The maximum absolute atomic E-state index is 12.3. The molecule has 1 aromatic heterocycles. The molecule has 1 unspecified atom stereocenters. The number of hydrogen-bond acceptors (Lipinski definition) is 5. The Hall–Kier alpha value is -2.05. The van der Waals surface area contributed by atoms with E-state index < -0.39 is 5.97 Å². The number of ketones is 1. The van der Waals surface area contributed by atoms with Gasteiger partial charge in [0.25, 0.3) is 0 Å². The van der Waals surface area contributed by atoms with Gasteiger partial charge in [0, 0.05) is 23.9 Å². The van der Waals surface area contributed by atoms with Gasteiger partial charge in [-0.05, 0) is 36.8 Å². The maximum Gasteiger partial charge on any atom is 0.347 e. The van der Waals surface area contributed by atoms with Gasteiger partial charge in [0.1, 0.15) is 4.88 Å². The average molecular weight is 330 g/mol. The summed E-state index contributed by atoms with van der Waals surface area (Å²) < 4.78 is 4.03. The fraction of sp³-hybridized carbons (Fsp3) is 0.353. The van der Waals surface area contributed by atoms with Crippen molar-refractivity contribution in [3.63, 3.8) is 0 Å². The van der Waals surface area contributed by atoms with E-state index in [9.17, 15) is 14.7 Å². The smallest absolute Gasteiger partial charge is 0.347 e. The zero-order valence-electron chi connectivity index (χ0n) is 12.6. The minimum absolute atomic E-state index is 0.105. The lowest BCUT2D eigenvalue weighted by Gasteiger charge is -2.32. The number of carbonyl (C=O) groups is 2. The fourth-order valence-corrected chi connectivity index (χ4v) is 3.75. The van der Waals surface area contributed by atoms with E-state index in [-0.39, 0.29) is 11.7 Å². The maximum atomic E-state index is 12.3. The molecule has 0 saturated carbocycles. The van der Waals surface area contributed by atoms with Crippen LogP contribution in [-0.4, -0.2) is 45.8 Å². The van der Waals surface area contributed by atoms with Gasteiger partial charge in [0.2, 0.25) is 0 Å². The normalized spacial score (nSPS) is 18.7. The molecule has 1 aliphatic heterocycles. The lowest BCUT2D eigenvalue weighted by molar-refractivity contribution is 0.0698. The zero-order chi connectivity index (χ0) is 16.2. The van der Waals surface area contributed by atoms with E-state index in [0.717, 1.165) is 42.0 Å². The Morgan fingerprint density at radius 2 is 2.09 bits per heavy atom. The number of carboxylic acid groups (broad SMARTS) is 1. The summed E-state index contributed by atoms with van der Waals surface area (Å²) >= 11 is 1.03. The standard InChI is InChI=1S/C17H18N2O3S/c20-15(12-5-2-1-3-6-12)11-19-8-4-7-13(10-19)14-9-18-23-16(14)17(21)22/h1-3,5-6,9,13H,4,7-8,10-11H2,(H,21,22). The van der Waals surface area contributed by atoms with Crippen LogP contribution in [-0.2, 0) is 0 Å². The van der Waals surface area contributed by atoms with E-state index in [2.05, 4.69) is 9.27 Å². The highest BCUT2D eigenvalue weighted by Crippen LogP contribution is 2.31. The van der Waals surface area contributed by atoms with E-state index in [4.69, 9.17) is 0 Å². The van der Waals surface area contributed by atoms with Crippen molar-refractivity contribution in [1.82, 2.24) is 9.27 Å². The highest BCUT2D eigenvalue weighted by molar-refractivity contribution is 7.08. The van der Waals surface area contributed by atoms with Crippen LogP contribution in [0.2, 0.25) is 0 Å². The van der Waals surface area contributed by atoms with Gasteiger partial charge in [0.05, 0.1) is 6.54 Å². The van der Waals surface area contributed by atoms with E-state index in [1.54, 1.807) is 6.20 Å². The highest BCUT2D eigenvalue weighted by Gasteiger charge is 2.27. The van der Waals surface area contributed by atoms with Gasteiger partial charge < -0.3 is 5.11 Å². The van der Waals surface area contributed by atoms with E-state index in [1.165, 1.54) is 0 Å². The summed E-state index contributed by atoms with van der Waals surface area (Å²) in [5.74, 6) is -0.676. The number of hydrogen-bond donors (Lipinski definition) is 1. The second-order valence-corrected chi connectivity index (χ2v) is 6.58. The summed E-state index contributed by atoms with van der Waals surface area (Å²) in [6.07, 6.45) is 3.57. The van der Waals surface area contributed by atoms with Crippen LogP contribution in [0.5, 0.6) is 0 Å². The number of Topliss-reactive ketones (excluding diaryl/α,β-unsaturated/α-hetero) is 1. The minimum Gasteiger partial charge on any atom is -0.477 e. The Kier molecular flexibility index (Phi) is 4.83. The van der Waals surface area contributed by atoms with Gasteiger partial charge >= 0.3 is 5.97 Å². The Morgan fingerprint density at radius 1 is 1.30 bits per heavy atom. The molecule has 1 fully saturated rings. The Morgan fingerprint density at radius 3 is 2.83 bits per heavy atom. The molecule has 6 heteroatoms. The van der Waals surface area contributed by atoms with Crippen LogP contribution in [0.1, 0.15) is 44.4 Å².